The number of esters is 1. The van der Waals surface area contributed by atoms with Gasteiger partial charge >= 0.3 is 5.97 Å². The van der Waals surface area contributed by atoms with Crippen LogP contribution in [0.15, 0.2) is 29.2 Å². The normalized spacial score (nSPS) is 13.5. The topological polar surface area (TPSA) is 113 Å². The summed E-state index contributed by atoms with van der Waals surface area (Å²) in [6.07, 6.45) is 4.59. The Hall–Kier alpha value is -2.70. The van der Waals surface area contributed by atoms with Gasteiger partial charge in [-0.05, 0) is 50.3 Å². The average Bonchev–Trinajstić information content (AvgIpc) is 2.90. The Morgan fingerprint density at radius 1 is 1.16 bits per heavy atom. The third-order valence-corrected chi connectivity index (χ3v) is 8.04. The second-order valence-electron chi connectivity index (χ2n) is 7.47. The van der Waals surface area contributed by atoms with Crippen molar-refractivity contribution in [2.75, 3.05) is 17.7 Å². The first kappa shape index (κ1) is 23.0. The van der Waals surface area contributed by atoms with E-state index in [9.17, 15) is 23.3 Å². The van der Waals surface area contributed by atoms with Crippen molar-refractivity contribution in [2.45, 2.75) is 50.3 Å². The van der Waals surface area contributed by atoms with Gasteiger partial charge in [0.15, 0.2) is 16.4 Å². The number of amides is 1. The summed E-state index contributed by atoms with van der Waals surface area (Å²) in [6.45, 7) is 1.32. The molecule has 0 aliphatic heterocycles. The predicted molar refractivity (Wildman–Crippen MR) is 118 cm³/mol. The first-order valence-electron chi connectivity index (χ1n) is 10.1. The zero-order valence-corrected chi connectivity index (χ0v) is 18.9. The van der Waals surface area contributed by atoms with E-state index in [0.717, 1.165) is 48.1 Å². The monoisotopic (exact) mass is 460 g/mol. The lowest BCUT2D eigenvalue weighted by Crippen LogP contribution is -2.22. The van der Waals surface area contributed by atoms with Crippen molar-refractivity contribution < 1.29 is 22.7 Å². The number of anilines is 1. The number of ether oxygens (including phenoxy) is 1. The van der Waals surface area contributed by atoms with E-state index in [1.54, 1.807) is 12.1 Å². The number of nitriles is 1. The number of sulfone groups is 1. The fourth-order valence-electron chi connectivity index (χ4n) is 3.41. The molecule has 9 heteroatoms. The number of rotatable bonds is 7. The van der Waals surface area contributed by atoms with Crippen LogP contribution in [0.1, 0.15) is 47.3 Å². The minimum Gasteiger partial charge on any atom is -0.456 e. The Morgan fingerprint density at radius 3 is 2.58 bits per heavy atom. The summed E-state index contributed by atoms with van der Waals surface area (Å²) in [5.41, 5.74) is 2.44. The molecule has 2 aromatic rings. The fourth-order valence-corrected chi connectivity index (χ4v) is 5.89. The Labute approximate surface area is 186 Å². The van der Waals surface area contributed by atoms with Gasteiger partial charge in [-0.15, -0.1) is 11.3 Å². The van der Waals surface area contributed by atoms with Gasteiger partial charge in [-0.3, -0.25) is 9.59 Å². The molecule has 0 unspecified atom stereocenters. The van der Waals surface area contributed by atoms with E-state index in [4.69, 9.17) is 4.74 Å². The maximum absolute atomic E-state index is 12.3. The zero-order valence-electron chi connectivity index (χ0n) is 17.3. The Morgan fingerprint density at radius 2 is 1.87 bits per heavy atom. The van der Waals surface area contributed by atoms with Crippen LogP contribution in [0.3, 0.4) is 0 Å². The van der Waals surface area contributed by atoms with Crippen LogP contribution in [0.4, 0.5) is 5.00 Å². The minimum absolute atomic E-state index is 0.144. The molecule has 1 aromatic carbocycles. The largest absolute Gasteiger partial charge is 0.456 e. The highest BCUT2D eigenvalue weighted by atomic mass is 32.2. The van der Waals surface area contributed by atoms with Crippen molar-refractivity contribution in [3.8, 4) is 6.07 Å². The van der Waals surface area contributed by atoms with Gasteiger partial charge in [-0.1, -0.05) is 24.1 Å². The molecule has 0 saturated carbocycles. The van der Waals surface area contributed by atoms with E-state index in [0.29, 0.717) is 10.6 Å². The summed E-state index contributed by atoms with van der Waals surface area (Å²) in [5.74, 6) is -1.72. The number of hydrogen-bond acceptors (Lipinski definition) is 7. The van der Waals surface area contributed by atoms with Crippen molar-refractivity contribution in [3.63, 3.8) is 0 Å². The molecule has 1 amide bonds. The number of nitrogens with zero attached hydrogens (tertiary/aromatic N) is 1. The summed E-state index contributed by atoms with van der Waals surface area (Å²) in [4.78, 5) is 25.4. The zero-order chi connectivity index (χ0) is 22.4. The standard InChI is InChI=1S/C22H24N2O5S2/c1-15-7-9-16(10-8-15)31(27,28)12-11-21(26)29-14-20(25)24-22-18(13-23)17-5-3-2-4-6-19(17)30-22/h7-10H,2-6,11-12,14H2,1H3,(H,24,25). The lowest BCUT2D eigenvalue weighted by Gasteiger charge is -2.07. The highest BCUT2D eigenvalue weighted by molar-refractivity contribution is 7.91. The van der Waals surface area contributed by atoms with Gasteiger partial charge in [0.1, 0.15) is 11.1 Å². The molecule has 0 saturated heterocycles. The lowest BCUT2D eigenvalue weighted by atomic mass is 10.1. The van der Waals surface area contributed by atoms with Crippen molar-refractivity contribution in [2.24, 2.45) is 0 Å². The molecular weight excluding hydrogens is 436 g/mol. The van der Waals surface area contributed by atoms with Crippen molar-refractivity contribution >= 4 is 38.1 Å². The number of aryl methyl sites for hydroxylation is 2. The second-order valence-corrected chi connectivity index (χ2v) is 10.7. The SMILES string of the molecule is Cc1ccc(S(=O)(=O)CCC(=O)OCC(=O)Nc2sc3c(c2C#N)CCCCC3)cc1. The van der Waals surface area contributed by atoms with Gasteiger partial charge in [0.2, 0.25) is 0 Å². The molecule has 0 spiro atoms. The average molecular weight is 461 g/mol. The van der Waals surface area contributed by atoms with E-state index in [1.807, 2.05) is 6.92 Å². The molecule has 1 aliphatic rings. The van der Waals surface area contributed by atoms with Crippen LogP contribution in [0.5, 0.6) is 0 Å². The summed E-state index contributed by atoms with van der Waals surface area (Å²) < 4.78 is 29.5. The van der Waals surface area contributed by atoms with Crippen LogP contribution in [-0.4, -0.2) is 32.7 Å². The quantitative estimate of drug-likeness (QED) is 0.499. The van der Waals surface area contributed by atoms with Crippen LogP contribution in [0.2, 0.25) is 0 Å². The highest BCUT2D eigenvalue weighted by Crippen LogP contribution is 2.36. The first-order valence-corrected chi connectivity index (χ1v) is 12.6. The van der Waals surface area contributed by atoms with Gasteiger partial charge in [0, 0.05) is 4.88 Å². The Bertz CT molecular complexity index is 1110. The first-order chi connectivity index (χ1) is 14.8. The number of benzene rings is 1. The summed E-state index contributed by atoms with van der Waals surface area (Å²) >= 11 is 1.40. The lowest BCUT2D eigenvalue weighted by molar-refractivity contribution is -0.146. The van der Waals surface area contributed by atoms with Gasteiger partial charge in [0.05, 0.1) is 22.6 Å². The molecule has 164 valence electrons. The smallest absolute Gasteiger partial charge is 0.307 e. The van der Waals surface area contributed by atoms with E-state index in [1.165, 1.54) is 23.5 Å². The number of nitrogens with one attached hydrogen (secondary N) is 1. The summed E-state index contributed by atoms with van der Waals surface area (Å²) in [5, 5.41) is 12.6. The highest BCUT2D eigenvalue weighted by Gasteiger charge is 2.22. The number of carbonyl (C=O) groups excluding carboxylic acids is 2. The predicted octanol–water partition coefficient (Wildman–Crippen LogP) is 3.54. The Kier molecular flexibility index (Phi) is 7.46. The molecule has 3 rings (SSSR count). The molecule has 7 nitrogen and oxygen atoms in total. The molecule has 31 heavy (non-hydrogen) atoms. The van der Waals surface area contributed by atoms with Gasteiger partial charge in [-0.25, -0.2) is 8.42 Å². The molecule has 0 atom stereocenters. The van der Waals surface area contributed by atoms with Crippen molar-refractivity contribution in [1.29, 1.82) is 5.26 Å². The van der Waals surface area contributed by atoms with Gasteiger partial charge < -0.3 is 10.1 Å². The second kappa shape index (κ2) is 10.1. The molecule has 0 bridgehead atoms. The molecule has 1 heterocycles. The number of carbonyl (C=O) groups is 2. The van der Waals surface area contributed by atoms with Crippen LogP contribution < -0.4 is 5.32 Å². The molecule has 0 radical (unpaired) electrons. The van der Waals surface area contributed by atoms with Crippen LogP contribution in [0.25, 0.3) is 0 Å². The van der Waals surface area contributed by atoms with Gasteiger partial charge in [0.25, 0.3) is 5.91 Å². The summed E-state index contributed by atoms with van der Waals surface area (Å²) in [7, 11) is -3.61. The van der Waals surface area contributed by atoms with E-state index < -0.39 is 34.1 Å². The number of hydrogen-bond donors (Lipinski definition) is 1. The third kappa shape index (κ3) is 5.93. The van der Waals surface area contributed by atoms with Crippen molar-refractivity contribution in [1.82, 2.24) is 0 Å². The van der Waals surface area contributed by atoms with Crippen LogP contribution in [-0.2, 0) is 37.0 Å². The molecular formula is C22H24N2O5S2. The molecule has 0 fully saturated rings. The fraction of sp³-hybridized carbons (Fsp3) is 0.409. The maximum Gasteiger partial charge on any atom is 0.307 e. The van der Waals surface area contributed by atoms with Crippen molar-refractivity contribution in [3.05, 3.63) is 45.8 Å². The molecule has 1 aliphatic carbocycles. The van der Waals surface area contributed by atoms with E-state index >= 15 is 0 Å². The maximum atomic E-state index is 12.3. The van der Waals surface area contributed by atoms with E-state index in [2.05, 4.69) is 11.4 Å². The molecule has 1 N–H and O–H groups in total. The van der Waals surface area contributed by atoms with Gasteiger partial charge in [-0.2, -0.15) is 5.26 Å². The Balaban J connectivity index is 1.51. The molecule has 1 aromatic heterocycles. The summed E-state index contributed by atoms with van der Waals surface area (Å²) in [6, 6.07) is 8.56. The minimum atomic E-state index is -3.61. The number of thiophene rings is 1. The van der Waals surface area contributed by atoms with E-state index in [-0.39, 0.29) is 11.3 Å². The van der Waals surface area contributed by atoms with Crippen LogP contribution in [0, 0.1) is 18.3 Å². The van der Waals surface area contributed by atoms with Crippen LogP contribution >= 0.6 is 11.3 Å². The number of fused-ring (bicyclic) bond motifs is 1. The third-order valence-electron chi connectivity index (χ3n) is 5.11.